The van der Waals surface area contributed by atoms with Crippen molar-refractivity contribution in [3.05, 3.63) is 0 Å². The van der Waals surface area contributed by atoms with Gasteiger partial charge >= 0.3 is 0 Å². The van der Waals surface area contributed by atoms with Crippen LogP contribution in [0.1, 0.15) is 46.5 Å². The highest BCUT2D eigenvalue weighted by Gasteiger charge is 2.49. The van der Waals surface area contributed by atoms with Crippen LogP contribution >= 0.6 is 0 Å². The molecule has 14 heavy (non-hydrogen) atoms. The highest BCUT2D eigenvalue weighted by molar-refractivity contribution is 5.03. The van der Waals surface area contributed by atoms with Crippen molar-refractivity contribution in [3.63, 3.8) is 0 Å². The molecule has 3 heteroatoms. The first-order valence-electron chi connectivity index (χ1n) is 5.61. The van der Waals surface area contributed by atoms with Gasteiger partial charge < -0.3 is 9.84 Å². The molecule has 82 valence electrons. The number of aliphatic hydroxyl groups is 1. The summed E-state index contributed by atoms with van der Waals surface area (Å²) in [5.74, 6) is 0. The zero-order chi connectivity index (χ0) is 10.4. The van der Waals surface area contributed by atoms with Crippen LogP contribution in [0.5, 0.6) is 0 Å². The molecule has 0 amide bonds. The lowest BCUT2D eigenvalue weighted by molar-refractivity contribution is -0.0337. The normalized spacial score (nSPS) is 40.3. The van der Waals surface area contributed by atoms with Crippen molar-refractivity contribution >= 4 is 0 Å². The molecule has 1 saturated heterocycles. The van der Waals surface area contributed by atoms with Crippen molar-refractivity contribution in [3.8, 4) is 0 Å². The molecule has 0 spiro atoms. The summed E-state index contributed by atoms with van der Waals surface area (Å²) < 4.78 is 5.77. The molecular formula is C11H21NO2. The number of ether oxygens (including phenoxy) is 1. The van der Waals surface area contributed by atoms with E-state index in [4.69, 9.17) is 4.74 Å². The first-order chi connectivity index (χ1) is 6.43. The maximum absolute atomic E-state index is 10.5. The Morgan fingerprint density at radius 2 is 1.86 bits per heavy atom. The van der Waals surface area contributed by atoms with Crippen molar-refractivity contribution in [1.82, 2.24) is 5.32 Å². The van der Waals surface area contributed by atoms with Crippen LogP contribution in [0, 0.1) is 0 Å². The fraction of sp³-hybridized carbons (Fsp3) is 1.00. The first-order valence-corrected chi connectivity index (χ1v) is 5.61. The molecule has 2 rings (SSSR count). The van der Waals surface area contributed by atoms with Crippen molar-refractivity contribution in [2.24, 2.45) is 0 Å². The quantitative estimate of drug-likeness (QED) is 0.671. The predicted molar refractivity (Wildman–Crippen MR) is 55.0 cm³/mol. The van der Waals surface area contributed by atoms with E-state index in [0.717, 1.165) is 25.7 Å². The van der Waals surface area contributed by atoms with E-state index in [1.54, 1.807) is 0 Å². The standard InChI is InChI=1S/C11H21NO2/c1-8-9(12-10(2,3)14-8)11(13)6-4-5-7-11/h8-9,12-13H,4-7H2,1-3H3/t8-,9+/m1/s1. The van der Waals surface area contributed by atoms with Crippen molar-refractivity contribution in [2.45, 2.75) is 69.9 Å². The first kappa shape index (κ1) is 10.4. The van der Waals surface area contributed by atoms with Crippen LogP contribution in [0.4, 0.5) is 0 Å². The molecule has 2 N–H and O–H groups in total. The Labute approximate surface area is 85.8 Å². The van der Waals surface area contributed by atoms with Gasteiger partial charge in [-0.1, -0.05) is 12.8 Å². The van der Waals surface area contributed by atoms with E-state index in [1.165, 1.54) is 0 Å². The molecule has 0 unspecified atom stereocenters. The summed E-state index contributed by atoms with van der Waals surface area (Å²) in [5, 5.41) is 13.8. The molecule has 2 atom stereocenters. The van der Waals surface area contributed by atoms with Gasteiger partial charge in [-0.05, 0) is 33.6 Å². The lowest BCUT2D eigenvalue weighted by Gasteiger charge is -2.31. The molecule has 0 bridgehead atoms. The Morgan fingerprint density at radius 3 is 2.29 bits per heavy atom. The minimum atomic E-state index is -0.535. The average Bonchev–Trinajstić information content (AvgIpc) is 2.57. The average molecular weight is 199 g/mol. The predicted octanol–water partition coefficient (Wildman–Crippen LogP) is 1.40. The molecule has 2 fully saturated rings. The van der Waals surface area contributed by atoms with E-state index in [2.05, 4.69) is 5.32 Å². The molecule has 1 aliphatic carbocycles. The van der Waals surface area contributed by atoms with Crippen LogP contribution in [-0.2, 0) is 4.74 Å². The lowest BCUT2D eigenvalue weighted by atomic mass is 9.89. The minimum absolute atomic E-state index is 0.0972. The molecule has 1 saturated carbocycles. The van der Waals surface area contributed by atoms with E-state index < -0.39 is 5.60 Å². The molecule has 1 aliphatic heterocycles. The van der Waals surface area contributed by atoms with Gasteiger partial charge in [0.25, 0.3) is 0 Å². The molecule has 1 heterocycles. The van der Waals surface area contributed by atoms with E-state index in [0.29, 0.717) is 0 Å². The van der Waals surface area contributed by atoms with Gasteiger partial charge in [-0.3, -0.25) is 5.32 Å². The van der Waals surface area contributed by atoms with Crippen LogP contribution in [-0.4, -0.2) is 28.6 Å². The van der Waals surface area contributed by atoms with Crippen LogP contribution < -0.4 is 5.32 Å². The molecule has 0 aromatic rings. The number of hydrogen-bond acceptors (Lipinski definition) is 3. The van der Waals surface area contributed by atoms with E-state index >= 15 is 0 Å². The Hall–Kier alpha value is -0.120. The summed E-state index contributed by atoms with van der Waals surface area (Å²) in [6.45, 7) is 6.08. The van der Waals surface area contributed by atoms with E-state index in [9.17, 15) is 5.11 Å². The van der Waals surface area contributed by atoms with Gasteiger partial charge in [0, 0.05) is 0 Å². The van der Waals surface area contributed by atoms with Gasteiger partial charge in [0.2, 0.25) is 0 Å². The molecule has 0 aromatic carbocycles. The molecule has 3 nitrogen and oxygen atoms in total. The topological polar surface area (TPSA) is 41.5 Å². The SMILES string of the molecule is C[C@H]1OC(C)(C)N[C@@H]1C1(O)CCCC1. The van der Waals surface area contributed by atoms with Gasteiger partial charge in [0.15, 0.2) is 0 Å². The van der Waals surface area contributed by atoms with Crippen LogP contribution in [0.25, 0.3) is 0 Å². The Kier molecular flexibility index (Phi) is 2.37. The maximum atomic E-state index is 10.5. The fourth-order valence-electron chi connectivity index (χ4n) is 2.93. The molecule has 0 radical (unpaired) electrons. The highest BCUT2D eigenvalue weighted by Crippen LogP contribution is 2.38. The molecular weight excluding hydrogens is 178 g/mol. The summed E-state index contributed by atoms with van der Waals surface area (Å²) in [6, 6.07) is 0.0972. The third-order valence-electron chi connectivity index (χ3n) is 3.50. The Morgan fingerprint density at radius 1 is 1.29 bits per heavy atom. The van der Waals surface area contributed by atoms with Gasteiger partial charge in [0.1, 0.15) is 5.72 Å². The van der Waals surface area contributed by atoms with Gasteiger partial charge in [0.05, 0.1) is 17.7 Å². The van der Waals surface area contributed by atoms with Gasteiger partial charge in [-0.15, -0.1) is 0 Å². The number of rotatable bonds is 1. The van der Waals surface area contributed by atoms with Gasteiger partial charge in [-0.2, -0.15) is 0 Å². The second-order valence-corrected chi connectivity index (χ2v) is 5.27. The van der Waals surface area contributed by atoms with Crippen LogP contribution in [0.3, 0.4) is 0 Å². The minimum Gasteiger partial charge on any atom is -0.388 e. The third-order valence-corrected chi connectivity index (χ3v) is 3.50. The summed E-state index contributed by atoms with van der Waals surface area (Å²) in [6.07, 6.45) is 4.21. The van der Waals surface area contributed by atoms with Crippen molar-refractivity contribution < 1.29 is 9.84 Å². The van der Waals surface area contributed by atoms with Crippen molar-refractivity contribution in [2.75, 3.05) is 0 Å². The lowest BCUT2D eigenvalue weighted by Crippen LogP contribution is -2.53. The monoisotopic (exact) mass is 199 g/mol. The summed E-state index contributed by atoms with van der Waals surface area (Å²) in [5.41, 5.74) is -0.824. The van der Waals surface area contributed by atoms with Crippen LogP contribution in [0.2, 0.25) is 0 Å². The zero-order valence-corrected chi connectivity index (χ0v) is 9.34. The second-order valence-electron chi connectivity index (χ2n) is 5.27. The van der Waals surface area contributed by atoms with Crippen molar-refractivity contribution in [1.29, 1.82) is 0 Å². The Bertz CT molecular complexity index is 221. The van der Waals surface area contributed by atoms with E-state index in [1.807, 2.05) is 20.8 Å². The molecule has 2 aliphatic rings. The van der Waals surface area contributed by atoms with Crippen LogP contribution in [0.15, 0.2) is 0 Å². The summed E-state index contributed by atoms with van der Waals surface area (Å²) in [4.78, 5) is 0. The third kappa shape index (κ3) is 1.69. The smallest absolute Gasteiger partial charge is 0.114 e. The number of nitrogens with one attached hydrogen (secondary N) is 1. The fourth-order valence-corrected chi connectivity index (χ4v) is 2.93. The highest BCUT2D eigenvalue weighted by atomic mass is 16.5. The van der Waals surface area contributed by atoms with Gasteiger partial charge in [-0.25, -0.2) is 0 Å². The maximum Gasteiger partial charge on any atom is 0.114 e. The second kappa shape index (κ2) is 3.19. The summed E-state index contributed by atoms with van der Waals surface area (Å²) >= 11 is 0. The zero-order valence-electron chi connectivity index (χ0n) is 9.34. The largest absolute Gasteiger partial charge is 0.388 e. The Balaban J connectivity index is 2.11. The number of hydrogen-bond donors (Lipinski definition) is 2. The molecule has 0 aromatic heterocycles. The summed E-state index contributed by atoms with van der Waals surface area (Å²) in [7, 11) is 0. The van der Waals surface area contributed by atoms with E-state index in [-0.39, 0.29) is 17.9 Å².